The zero-order valence-electron chi connectivity index (χ0n) is 11.2. The minimum absolute atomic E-state index is 0.191. The molecule has 0 spiro atoms. The minimum Gasteiger partial charge on any atom is -0.222 e. The van der Waals surface area contributed by atoms with Crippen LogP contribution in [-0.4, -0.2) is 17.6 Å². The van der Waals surface area contributed by atoms with Gasteiger partial charge in [-0.2, -0.15) is 0 Å². The molecule has 0 amide bonds. The van der Waals surface area contributed by atoms with Gasteiger partial charge in [0.1, 0.15) is 0 Å². The molecule has 0 aromatic rings. The van der Waals surface area contributed by atoms with E-state index in [1.807, 2.05) is 0 Å². The average molecular weight is 234 g/mol. The van der Waals surface area contributed by atoms with Gasteiger partial charge in [0.15, 0.2) is 0 Å². The Morgan fingerprint density at radius 2 is 1.65 bits per heavy atom. The maximum Gasteiger partial charge on any atom is 0.0901 e. The fraction of sp³-hybridized carbons (Fsp3) is 0.933. The van der Waals surface area contributed by atoms with Gasteiger partial charge in [-0.05, 0) is 32.1 Å². The molecule has 17 heavy (non-hydrogen) atoms. The van der Waals surface area contributed by atoms with Crippen LogP contribution in [0, 0.1) is 0 Å². The summed E-state index contributed by atoms with van der Waals surface area (Å²) in [6.45, 7) is 2.26. The van der Waals surface area contributed by atoms with Crippen LogP contribution in [0.2, 0.25) is 0 Å². The normalized spacial score (nSPS) is 25.0. The fourth-order valence-electron chi connectivity index (χ4n) is 3.18. The van der Waals surface area contributed by atoms with Crippen LogP contribution in [0.25, 0.3) is 0 Å². The van der Waals surface area contributed by atoms with Gasteiger partial charge in [-0.1, -0.05) is 45.4 Å². The number of aliphatic imine (C=N–C) groups is 2. The first kappa shape index (κ1) is 12.8. The van der Waals surface area contributed by atoms with Gasteiger partial charge < -0.3 is 0 Å². The highest BCUT2D eigenvalue weighted by atomic mass is 14.9. The summed E-state index contributed by atoms with van der Waals surface area (Å²) < 4.78 is 0. The molecule has 0 unspecified atom stereocenters. The summed E-state index contributed by atoms with van der Waals surface area (Å²) in [6.07, 6.45) is 14.3. The standard InChI is InChI=1S/C15H26N2/c1-2-15(11-7-4-8-12-15)17-13-16-14-9-5-3-6-10-14/h14H,2-12H2,1H3. The highest BCUT2D eigenvalue weighted by molar-refractivity contribution is 5.43. The van der Waals surface area contributed by atoms with E-state index in [2.05, 4.69) is 17.9 Å². The van der Waals surface area contributed by atoms with Crippen molar-refractivity contribution >= 4 is 6.01 Å². The molecular weight excluding hydrogens is 208 g/mol. The summed E-state index contributed by atoms with van der Waals surface area (Å²) in [5.41, 5.74) is 0.191. The van der Waals surface area contributed by atoms with Crippen molar-refractivity contribution in [3.8, 4) is 0 Å². The SMILES string of the molecule is CCC1(N=C=NC2CCCCC2)CCCCC1. The van der Waals surface area contributed by atoms with E-state index in [0.717, 1.165) is 6.42 Å². The van der Waals surface area contributed by atoms with Gasteiger partial charge in [0.25, 0.3) is 0 Å². The quantitative estimate of drug-likeness (QED) is 0.637. The molecule has 0 saturated heterocycles. The van der Waals surface area contributed by atoms with Gasteiger partial charge >= 0.3 is 0 Å². The highest BCUT2D eigenvalue weighted by Crippen LogP contribution is 2.34. The average Bonchev–Trinajstić information content (AvgIpc) is 2.41. The van der Waals surface area contributed by atoms with Crippen LogP contribution >= 0.6 is 0 Å². The van der Waals surface area contributed by atoms with E-state index >= 15 is 0 Å². The summed E-state index contributed by atoms with van der Waals surface area (Å²) in [4.78, 5) is 9.26. The van der Waals surface area contributed by atoms with Crippen LogP contribution in [0.5, 0.6) is 0 Å². The molecule has 0 aliphatic heterocycles. The molecule has 0 aromatic heterocycles. The van der Waals surface area contributed by atoms with Gasteiger partial charge in [-0.25, -0.2) is 9.98 Å². The number of hydrogen-bond donors (Lipinski definition) is 0. The molecule has 2 heteroatoms. The third-order valence-electron chi connectivity index (χ3n) is 4.54. The van der Waals surface area contributed by atoms with E-state index in [0.29, 0.717) is 6.04 Å². The Labute approximate surface area is 106 Å². The van der Waals surface area contributed by atoms with E-state index in [1.54, 1.807) is 0 Å². The maximum atomic E-state index is 4.71. The first-order chi connectivity index (χ1) is 8.35. The molecular formula is C15H26N2. The Kier molecular flexibility index (Phi) is 4.79. The zero-order chi connectivity index (χ0) is 12.0. The van der Waals surface area contributed by atoms with Crippen LogP contribution in [0.3, 0.4) is 0 Å². The van der Waals surface area contributed by atoms with E-state index in [4.69, 9.17) is 4.99 Å². The summed E-state index contributed by atoms with van der Waals surface area (Å²) in [6, 6.07) is 3.59. The summed E-state index contributed by atoms with van der Waals surface area (Å²) >= 11 is 0. The topological polar surface area (TPSA) is 24.7 Å². The zero-order valence-corrected chi connectivity index (χ0v) is 11.2. The second kappa shape index (κ2) is 6.35. The predicted molar refractivity (Wildman–Crippen MR) is 72.8 cm³/mol. The number of nitrogens with zero attached hydrogens (tertiary/aromatic N) is 2. The molecule has 2 rings (SSSR count). The van der Waals surface area contributed by atoms with Crippen LogP contribution in [0.4, 0.5) is 0 Å². The van der Waals surface area contributed by atoms with E-state index in [-0.39, 0.29) is 5.54 Å². The Hall–Kier alpha value is -0.620. The maximum absolute atomic E-state index is 4.71. The lowest BCUT2D eigenvalue weighted by Crippen LogP contribution is -2.28. The van der Waals surface area contributed by atoms with Gasteiger partial charge in [-0.3, -0.25) is 0 Å². The highest BCUT2D eigenvalue weighted by Gasteiger charge is 2.29. The Morgan fingerprint density at radius 1 is 1.00 bits per heavy atom. The lowest BCUT2D eigenvalue weighted by atomic mass is 9.80. The molecule has 2 aliphatic carbocycles. The van der Waals surface area contributed by atoms with Gasteiger partial charge in [0.05, 0.1) is 17.6 Å². The molecule has 2 fully saturated rings. The molecule has 2 saturated carbocycles. The van der Waals surface area contributed by atoms with E-state index in [1.165, 1.54) is 64.2 Å². The Morgan fingerprint density at radius 3 is 2.29 bits per heavy atom. The molecule has 0 N–H and O–H groups in total. The Balaban J connectivity index is 1.94. The van der Waals surface area contributed by atoms with Crippen molar-refractivity contribution < 1.29 is 0 Å². The van der Waals surface area contributed by atoms with Crippen LogP contribution in [0.1, 0.15) is 77.6 Å². The van der Waals surface area contributed by atoms with Crippen LogP contribution in [-0.2, 0) is 0 Å². The summed E-state index contributed by atoms with van der Waals surface area (Å²) in [7, 11) is 0. The monoisotopic (exact) mass is 234 g/mol. The van der Waals surface area contributed by atoms with Crippen molar-refractivity contribution in [3.63, 3.8) is 0 Å². The third kappa shape index (κ3) is 3.67. The summed E-state index contributed by atoms with van der Waals surface area (Å²) in [5, 5.41) is 0. The van der Waals surface area contributed by atoms with Gasteiger partial charge in [-0.15, -0.1) is 0 Å². The molecule has 2 aliphatic rings. The van der Waals surface area contributed by atoms with Crippen molar-refractivity contribution in [2.24, 2.45) is 9.98 Å². The molecule has 0 bridgehead atoms. The fourth-order valence-corrected chi connectivity index (χ4v) is 3.18. The molecule has 0 heterocycles. The number of hydrogen-bond acceptors (Lipinski definition) is 2. The molecule has 2 nitrogen and oxygen atoms in total. The van der Waals surface area contributed by atoms with Crippen molar-refractivity contribution in [1.82, 2.24) is 0 Å². The lowest BCUT2D eigenvalue weighted by molar-refractivity contribution is 0.291. The second-order valence-electron chi connectivity index (χ2n) is 5.77. The largest absolute Gasteiger partial charge is 0.222 e. The van der Waals surface area contributed by atoms with Crippen LogP contribution in [0.15, 0.2) is 9.98 Å². The van der Waals surface area contributed by atoms with Crippen LogP contribution < -0.4 is 0 Å². The van der Waals surface area contributed by atoms with Crippen molar-refractivity contribution in [2.45, 2.75) is 89.1 Å². The number of rotatable bonds is 3. The van der Waals surface area contributed by atoms with Crippen molar-refractivity contribution in [1.29, 1.82) is 0 Å². The first-order valence-corrected chi connectivity index (χ1v) is 7.51. The third-order valence-corrected chi connectivity index (χ3v) is 4.54. The molecule has 0 atom stereocenters. The lowest BCUT2D eigenvalue weighted by Gasteiger charge is -2.31. The minimum atomic E-state index is 0.191. The second-order valence-corrected chi connectivity index (χ2v) is 5.77. The summed E-state index contributed by atoms with van der Waals surface area (Å²) in [5.74, 6) is 0. The van der Waals surface area contributed by atoms with E-state index in [9.17, 15) is 0 Å². The molecule has 0 aromatic carbocycles. The smallest absolute Gasteiger partial charge is 0.0901 e. The predicted octanol–water partition coefficient (Wildman–Crippen LogP) is 4.61. The van der Waals surface area contributed by atoms with Crippen molar-refractivity contribution in [2.75, 3.05) is 0 Å². The Bertz CT molecular complexity index is 277. The van der Waals surface area contributed by atoms with Gasteiger partial charge in [0, 0.05) is 0 Å². The van der Waals surface area contributed by atoms with E-state index < -0.39 is 0 Å². The molecule has 96 valence electrons. The first-order valence-electron chi connectivity index (χ1n) is 7.51. The van der Waals surface area contributed by atoms with Gasteiger partial charge in [0.2, 0.25) is 0 Å². The van der Waals surface area contributed by atoms with Crippen molar-refractivity contribution in [3.05, 3.63) is 0 Å². The molecule has 0 radical (unpaired) electrons.